The molecule has 0 aliphatic rings. The van der Waals surface area contributed by atoms with E-state index in [1.165, 1.54) is 30.0 Å². The molecule has 1 atom stereocenters. The van der Waals surface area contributed by atoms with Crippen molar-refractivity contribution in [2.45, 2.75) is 39.2 Å². The fourth-order valence-electron chi connectivity index (χ4n) is 2.57. The summed E-state index contributed by atoms with van der Waals surface area (Å²) in [5, 5.41) is 16.0. The maximum Gasteiger partial charge on any atom is 0.0914 e. The summed E-state index contributed by atoms with van der Waals surface area (Å²) in [5.41, 5.74) is 0.989. The van der Waals surface area contributed by atoms with Gasteiger partial charge in [0, 0.05) is 6.54 Å². The van der Waals surface area contributed by atoms with E-state index < -0.39 is 6.10 Å². The van der Waals surface area contributed by atoms with Crippen LogP contribution in [0.2, 0.25) is 0 Å². The van der Waals surface area contributed by atoms with Gasteiger partial charge in [0.1, 0.15) is 0 Å². The third-order valence-corrected chi connectivity index (χ3v) is 3.88. The molecule has 2 aromatic rings. The van der Waals surface area contributed by atoms with E-state index in [-0.39, 0.29) is 0 Å². The smallest absolute Gasteiger partial charge is 0.0914 e. The van der Waals surface area contributed by atoms with Crippen molar-refractivity contribution in [3.8, 4) is 0 Å². The highest BCUT2D eigenvalue weighted by Crippen LogP contribution is 2.20. The van der Waals surface area contributed by atoms with Gasteiger partial charge in [0.25, 0.3) is 0 Å². The average molecular weight is 285 g/mol. The Labute approximate surface area is 128 Å². The maximum absolute atomic E-state index is 10.3. The molecule has 2 N–H and O–H groups in total. The normalized spacial score (nSPS) is 13.0. The summed E-state index contributed by atoms with van der Waals surface area (Å²) in [5.74, 6) is 0.785. The number of nitrogens with one attached hydrogen (secondary N) is 1. The Hall–Kier alpha value is -1.38. The van der Waals surface area contributed by atoms with E-state index in [9.17, 15) is 5.11 Å². The SMILES string of the molecule is CC(C)CCCCNCC(O)c1ccc2ccccc2c1. The topological polar surface area (TPSA) is 32.3 Å². The van der Waals surface area contributed by atoms with Crippen LogP contribution in [-0.2, 0) is 0 Å². The van der Waals surface area contributed by atoms with Gasteiger partial charge < -0.3 is 10.4 Å². The molecule has 0 aromatic heterocycles. The zero-order chi connectivity index (χ0) is 15.1. The van der Waals surface area contributed by atoms with Gasteiger partial charge in [-0.3, -0.25) is 0 Å². The summed E-state index contributed by atoms with van der Waals surface area (Å²) in [7, 11) is 0. The Morgan fingerprint density at radius 1 is 1.00 bits per heavy atom. The molecule has 0 fully saturated rings. The van der Waals surface area contributed by atoms with Gasteiger partial charge in [-0.2, -0.15) is 0 Å². The minimum absolute atomic E-state index is 0.431. The van der Waals surface area contributed by atoms with E-state index in [2.05, 4.69) is 43.4 Å². The van der Waals surface area contributed by atoms with Crippen LogP contribution in [0, 0.1) is 5.92 Å². The molecule has 0 saturated heterocycles. The van der Waals surface area contributed by atoms with Crippen molar-refractivity contribution in [3.63, 3.8) is 0 Å². The number of hydrogen-bond donors (Lipinski definition) is 2. The molecule has 114 valence electrons. The summed E-state index contributed by atoms with van der Waals surface area (Å²) in [6, 6.07) is 14.4. The first-order valence-corrected chi connectivity index (χ1v) is 8.04. The first-order chi connectivity index (χ1) is 10.2. The zero-order valence-electron chi connectivity index (χ0n) is 13.2. The van der Waals surface area contributed by atoms with Crippen LogP contribution in [0.3, 0.4) is 0 Å². The molecule has 2 rings (SSSR count). The van der Waals surface area contributed by atoms with Gasteiger partial charge >= 0.3 is 0 Å². The highest BCUT2D eigenvalue weighted by molar-refractivity contribution is 5.83. The molecule has 0 saturated carbocycles. The molecule has 21 heavy (non-hydrogen) atoms. The molecule has 2 nitrogen and oxygen atoms in total. The molecule has 0 heterocycles. The lowest BCUT2D eigenvalue weighted by atomic mass is 10.0. The number of aliphatic hydroxyl groups is 1. The van der Waals surface area contributed by atoms with Gasteiger partial charge in [0.15, 0.2) is 0 Å². The number of fused-ring (bicyclic) bond motifs is 1. The predicted molar refractivity (Wildman–Crippen MR) is 90.5 cm³/mol. The second-order valence-electron chi connectivity index (χ2n) is 6.22. The predicted octanol–water partition coefficient (Wildman–Crippen LogP) is 4.29. The molecule has 2 aromatic carbocycles. The van der Waals surface area contributed by atoms with E-state index in [0.717, 1.165) is 18.0 Å². The maximum atomic E-state index is 10.3. The standard InChI is InChI=1S/C19H27NO/c1-15(2)7-5-6-12-20-14-19(21)18-11-10-16-8-3-4-9-17(16)13-18/h3-4,8-11,13,15,19-21H,5-7,12,14H2,1-2H3. The fraction of sp³-hybridized carbons (Fsp3) is 0.474. The summed E-state index contributed by atoms with van der Waals surface area (Å²) in [6.07, 6.45) is 3.30. The minimum Gasteiger partial charge on any atom is -0.387 e. The van der Waals surface area contributed by atoms with Crippen LogP contribution < -0.4 is 5.32 Å². The van der Waals surface area contributed by atoms with Crippen LogP contribution in [0.25, 0.3) is 10.8 Å². The highest BCUT2D eigenvalue weighted by atomic mass is 16.3. The Morgan fingerprint density at radius 2 is 1.76 bits per heavy atom. The van der Waals surface area contributed by atoms with Crippen LogP contribution in [-0.4, -0.2) is 18.2 Å². The summed E-state index contributed by atoms with van der Waals surface area (Å²) >= 11 is 0. The van der Waals surface area contributed by atoms with E-state index >= 15 is 0 Å². The molecule has 0 amide bonds. The van der Waals surface area contributed by atoms with E-state index in [1.807, 2.05) is 18.2 Å². The lowest BCUT2D eigenvalue weighted by Crippen LogP contribution is -2.22. The number of unbranched alkanes of at least 4 members (excludes halogenated alkanes) is 1. The van der Waals surface area contributed by atoms with E-state index in [0.29, 0.717) is 6.54 Å². The van der Waals surface area contributed by atoms with Crippen LogP contribution in [0.4, 0.5) is 0 Å². The van der Waals surface area contributed by atoms with Gasteiger partial charge in [0.05, 0.1) is 6.10 Å². The molecular weight excluding hydrogens is 258 g/mol. The fourth-order valence-corrected chi connectivity index (χ4v) is 2.57. The van der Waals surface area contributed by atoms with Gasteiger partial charge in [-0.1, -0.05) is 63.1 Å². The number of aliphatic hydroxyl groups excluding tert-OH is 1. The van der Waals surface area contributed by atoms with Gasteiger partial charge in [-0.05, 0) is 41.3 Å². The molecule has 0 radical (unpaired) electrons. The largest absolute Gasteiger partial charge is 0.387 e. The van der Waals surface area contributed by atoms with Crippen molar-refractivity contribution in [3.05, 3.63) is 48.0 Å². The summed E-state index contributed by atoms with van der Waals surface area (Å²) in [4.78, 5) is 0. The second kappa shape index (κ2) is 8.16. The van der Waals surface area contributed by atoms with Crippen molar-refractivity contribution in [2.75, 3.05) is 13.1 Å². The highest BCUT2D eigenvalue weighted by Gasteiger charge is 2.07. The monoisotopic (exact) mass is 285 g/mol. The summed E-state index contributed by atoms with van der Waals surface area (Å²) in [6.45, 7) is 6.13. The number of rotatable bonds is 8. The molecule has 1 unspecified atom stereocenters. The zero-order valence-corrected chi connectivity index (χ0v) is 13.2. The van der Waals surface area contributed by atoms with Crippen molar-refractivity contribution in [1.82, 2.24) is 5.32 Å². The number of hydrogen-bond acceptors (Lipinski definition) is 2. The van der Waals surface area contributed by atoms with Gasteiger partial charge in [-0.15, -0.1) is 0 Å². The van der Waals surface area contributed by atoms with Crippen LogP contribution in [0.1, 0.15) is 44.8 Å². The third-order valence-electron chi connectivity index (χ3n) is 3.88. The molecule has 0 bridgehead atoms. The number of benzene rings is 2. The first-order valence-electron chi connectivity index (χ1n) is 8.04. The van der Waals surface area contributed by atoms with E-state index in [4.69, 9.17) is 0 Å². The Morgan fingerprint density at radius 3 is 2.52 bits per heavy atom. The van der Waals surface area contributed by atoms with Crippen molar-refractivity contribution < 1.29 is 5.11 Å². The molecular formula is C19H27NO. The minimum atomic E-state index is -0.431. The lowest BCUT2D eigenvalue weighted by Gasteiger charge is -2.13. The lowest BCUT2D eigenvalue weighted by molar-refractivity contribution is 0.175. The Balaban J connectivity index is 1.78. The van der Waals surface area contributed by atoms with Gasteiger partial charge in [-0.25, -0.2) is 0 Å². The first kappa shape index (κ1) is 16.0. The van der Waals surface area contributed by atoms with Crippen molar-refractivity contribution >= 4 is 10.8 Å². The van der Waals surface area contributed by atoms with Crippen LogP contribution in [0.15, 0.2) is 42.5 Å². The molecule has 2 heteroatoms. The Bertz CT molecular complexity index is 550. The summed E-state index contributed by atoms with van der Waals surface area (Å²) < 4.78 is 0. The average Bonchev–Trinajstić information content (AvgIpc) is 2.49. The van der Waals surface area contributed by atoms with Crippen molar-refractivity contribution in [2.24, 2.45) is 5.92 Å². The van der Waals surface area contributed by atoms with Crippen LogP contribution >= 0.6 is 0 Å². The second-order valence-corrected chi connectivity index (χ2v) is 6.22. The molecule has 0 aliphatic heterocycles. The quantitative estimate of drug-likeness (QED) is 0.709. The van der Waals surface area contributed by atoms with E-state index in [1.54, 1.807) is 0 Å². The van der Waals surface area contributed by atoms with Crippen LogP contribution in [0.5, 0.6) is 0 Å². The molecule has 0 aliphatic carbocycles. The molecule has 0 spiro atoms. The third kappa shape index (κ3) is 5.14. The van der Waals surface area contributed by atoms with Gasteiger partial charge in [0.2, 0.25) is 0 Å². The van der Waals surface area contributed by atoms with Crippen molar-refractivity contribution in [1.29, 1.82) is 0 Å². The Kier molecular flexibility index (Phi) is 6.21.